The summed E-state index contributed by atoms with van der Waals surface area (Å²) in [7, 11) is -0.843. The van der Waals surface area contributed by atoms with Crippen molar-refractivity contribution < 1.29 is 27.1 Å². The molecule has 3 aromatic carbocycles. The van der Waals surface area contributed by atoms with E-state index in [0.29, 0.717) is 6.54 Å². The van der Waals surface area contributed by atoms with E-state index >= 15 is 0 Å². The Morgan fingerprint density at radius 3 is 2.18 bits per heavy atom. The third-order valence-electron chi connectivity index (χ3n) is 6.14. The molecule has 0 radical (unpaired) electrons. The third kappa shape index (κ3) is 7.91. The minimum atomic E-state index is -3.66. The molecule has 1 amide bonds. The van der Waals surface area contributed by atoms with Gasteiger partial charge in [0.2, 0.25) is 10.0 Å². The van der Waals surface area contributed by atoms with Crippen LogP contribution in [-0.2, 0) is 29.4 Å². The van der Waals surface area contributed by atoms with Crippen LogP contribution in [0.5, 0.6) is 0 Å². The van der Waals surface area contributed by atoms with Gasteiger partial charge in [-0.1, -0.05) is 31.2 Å². The van der Waals surface area contributed by atoms with Gasteiger partial charge in [-0.15, -0.1) is 0 Å². The van der Waals surface area contributed by atoms with Gasteiger partial charge in [0.1, 0.15) is 11.6 Å². The molecule has 0 bridgehead atoms. The van der Waals surface area contributed by atoms with Crippen molar-refractivity contribution in [3.05, 3.63) is 101 Å². The molecule has 3 N–H and O–H groups in total. The van der Waals surface area contributed by atoms with Crippen molar-refractivity contribution in [2.45, 2.75) is 43.4 Å². The fourth-order valence-electron chi connectivity index (χ4n) is 3.97. The predicted octanol–water partition coefficient (Wildman–Crippen LogP) is 3.27. The van der Waals surface area contributed by atoms with Gasteiger partial charge in [-0.2, -0.15) is 0 Å². The highest BCUT2D eigenvalue weighted by Gasteiger charge is 2.24. The largest absolute Gasteiger partial charge is 0.390 e. The fraction of sp³-hybridized carbons (Fsp3) is 0.321. The number of halogens is 2. The van der Waals surface area contributed by atoms with Crippen molar-refractivity contribution in [3.63, 3.8) is 0 Å². The first-order chi connectivity index (χ1) is 18.0. The summed E-state index contributed by atoms with van der Waals surface area (Å²) in [5, 5.41) is 16.8. The Bertz CT molecular complexity index is 1330. The van der Waals surface area contributed by atoms with Crippen molar-refractivity contribution in [2.75, 3.05) is 20.6 Å². The van der Waals surface area contributed by atoms with Crippen molar-refractivity contribution in [1.82, 2.24) is 14.9 Å². The quantitative estimate of drug-likeness (QED) is 0.325. The van der Waals surface area contributed by atoms with Gasteiger partial charge in [0.15, 0.2) is 0 Å². The first-order valence-electron chi connectivity index (χ1n) is 12.2. The lowest BCUT2D eigenvalue weighted by Crippen LogP contribution is -2.48. The molecule has 7 nitrogen and oxygen atoms in total. The number of hydrogen-bond donors (Lipinski definition) is 3. The first-order valence-corrected chi connectivity index (χ1v) is 13.7. The molecule has 0 saturated carbocycles. The zero-order chi connectivity index (χ0) is 27.9. The van der Waals surface area contributed by atoms with Crippen molar-refractivity contribution >= 4 is 15.9 Å². The van der Waals surface area contributed by atoms with Crippen molar-refractivity contribution in [2.24, 2.45) is 0 Å². The molecule has 204 valence electrons. The molecule has 3 rings (SSSR count). The number of aliphatic hydroxyl groups excluding tert-OH is 1. The van der Waals surface area contributed by atoms with Crippen LogP contribution in [0.3, 0.4) is 0 Å². The summed E-state index contributed by atoms with van der Waals surface area (Å²) in [4.78, 5) is 13.0. The van der Waals surface area contributed by atoms with Gasteiger partial charge in [0.05, 0.1) is 17.0 Å². The van der Waals surface area contributed by atoms with Gasteiger partial charge in [-0.05, 0) is 65.9 Å². The normalized spacial score (nSPS) is 13.3. The SMILES string of the molecule is CCc1cccc(CNC[C@H](O)[C@H](Cc2cc(F)cc(F)c2)NC(=O)c2ccc(S(=O)(=O)N(C)C)cc2)c1. The van der Waals surface area contributed by atoms with Crippen LogP contribution in [0.1, 0.15) is 34.0 Å². The molecule has 0 unspecified atom stereocenters. The Balaban J connectivity index is 1.74. The smallest absolute Gasteiger partial charge is 0.251 e. The van der Waals surface area contributed by atoms with Crippen LogP contribution in [0.25, 0.3) is 0 Å². The monoisotopic (exact) mass is 545 g/mol. The summed E-state index contributed by atoms with van der Waals surface area (Å²) in [5.41, 5.74) is 2.68. The summed E-state index contributed by atoms with van der Waals surface area (Å²) in [6, 6.07) is 15.6. The number of aliphatic hydroxyl groups is 1. The maximum Gasteiger partial charge on any atom is 0.251 e. The molecule has 0 aliphatic rings. The van der Waals surface area contributed by atoms with Crippen LogP contribution in [0.15, 0.2) is 71.6 Å². The van der Waals surface area contributed by atoms with Gasteiger partial charge >= 0.3 is 0 Å². The third-order valence-corrected chi connectivity index (χ3v) is 7.97. The Labute approximate surface area is 222 Å². The van der Waals surface area contributed by atoms with Crippen LogP contribution >= 0.6 is 0 Å². The van der Waals surface area contributed by atoms with Crippen LogP contribution in [0.4, 0.5) is 8.78 Å². The van der Waals surface area contributed by atoms with E-state index < -0.39 is 39.7 Å². The molecule has 0 saturated heterocycles. The highest BCUT2D eigenvalue weighted by molar-refractivity contribution is 7.89. The lowest BCUT2D eigenvalue weighted by atomic mass is 10.00. The average Bonchev–Trinajstić information content (AvgIpc) is 2.87. The van der Waals surface area contributed by atoms with E-state index in [1.807, 2.05) is 18.2 Å². The molecule has 0 aliphatic heterocycles. The summed E-state index contributed by atoms with van der Waals surface area (Å²) in [6.07, 6.45) is -0.216. The Morgan fingerprint density at radius 2 is 1.58 bits per heavy atom. The van der Waals surface area contributed by atoms with E-state index in [1.165, 1.54) is 43.9 Å². The number of amides is 1. The molecule has 3 aromatic rings. The molecular formula is C28H33F2N3O4S. The zero-order valence-electron chi connectivity index (χ0n) is 21.6. The molecule has 10 heteroatoms. The summed E-state index contributed by atoms with van der Waals surface area (Å²) in [6.45, 7) is 2.66. The molecule has 0 aromatic heterocycles. The number of aryl methyl sites for hydroxylation is 1. The number of rotatable bonds is 12. The molecule has 0 heterocycles. The number of carbonyl (C=O) groups is 1. The van der Waals surface area contributed by atoms with Crippen LogP contribution in [-0.4, -0.2) is 56.5 Å². The van der Waals surface area contributed by atoms with E-state index in [9.17, 15) is 27.1 Å². The Morgan fingerprint density at radius 1 is 0.947 bits per heavy atom. The fourth-order valence-corrected chi connectivity index (χ4v) is 4.87. The van der Waals surface area contributed by atoms with Crippen molar-refractivity contribution in [3.8, 4) is 0 Å². The number of nitrogens with zero attached hydrogens (tertiary/aromatic N) is 1. The van der Waals surface area contributed by atoms with Gasteiger partial charge in [-0.25, -0.2) is 21.5 Å². The highest BCUT2D eigenvalue weighted by Crippen LogP contribution is 2.16. The minimum Gasteiger partial charge on any atom is -0.390 e. The standard InChI is InChI=1S/C28H33F2N3O4S/c1-4-19-6-5-7-20(12-19)17-31-18-27(34)26(15-21-13-23(29)16-24(30)14-21)32-28(35)22-8-10-25(11-9-22)38(36,37)33(2)3/h5-14,16,26-27,31,34H,4,15,17-18H2,1-3H3,(H,32,35)/t26-,27-/m0/s1. The summed E-state index contributed by atoms with van der Waals surface area (Å²) < 4.78 is 53.3. The summed E-state index contributed by atoms with van der Waals surface area (Å²) >= 11 is 0. The van der Waals surface area contributed by atoms with E-state index in [0.717, 1.165) is 34.5 Å². The number of carbonyl (C=O) groups excluding carboxylic acids is 1. The van der Waals surface area contributed by atoms with E-state index in [-0.39, 0.29) is 29.0 Å². The second-order valence-electron chi connectivity index (χ2n) is 9.25. The van der Waals surface area contributed by atoms with E-state index in [1.54, 1.807) is 0 Å². The Kier molecular flexibility index (Phi) is 10.1. The lowest BCUT2D eigenvalue weighted by Gasteiger charge is -2.25. The second kappa shape index (κ2) is 13.1. The maximum atomic E-state index is 13.8. The molecule has 38 heavy (non-hydrogen) atoms. The van der Waals surface area contributed by atoms with Gasteiger partial charge in [-0.3, -0.25) is 4.79 Å². The predicted molar refractivity (Wildman–Crippen MR) is 142 cm³/mol. The molecule has 0 spiro atoms. The summed E-state index contributed by atoms with van der Waals surface area (Å²) in [5.74, 6) is -2.08. The van der Waals surface area contributed by atoms with Crippen LogP contribution < -0.4 is 10.6 Å². The number of nitrogens with one attached hydrogen (secondary N) is 2. The number of hydrogen-bond acceptors (Lipinski definition) is 5. The van der Waals surface area contributed by atoms with Gasteiger partial charge in [0.25, 0.3) is 5.91 Å². The van der Waals surface area contributed by atoms with Gasteiger partial charge in [0, 0.05) is 38.8 Å². The number of sulfonamides is 1. The lowest BCUT2D eigenvalue weighted by molar-refractivity contribution is 0.0829. The van der Waals surface area contributed by atoms with Gasteiger partial charge < -0.3 is 15.7 Å². The van der Waals surface area contributed by atoms with Crippen molar-refractivity contribution in [1.29, 1.82) is 0 Å². The maximum absolute atomic E-state index is 13.8. The average molecular weight is 546 g/mol. The van der Waals surface area contributed by atoms with Crippen LogP contribution in [0, 0.1) is 11.6 Å². The Hall–Kier alpha value is -3.18. The van der Waals surface area contributed by atoms with E-state index in [2.05, 4.69) is 23.6 Å². The highest BCUT2D eigenvalue weighted by atomic mass is 32.2. The first kappa shape index (κ1) is 29.4. The molecular weight excluding hydrogens is 512 g/mol. The minimum absolute atomic E-state index is 0.0261. The zero-order valence-corrected chi connectivity index (χ0v) is 22.4. The molecule has 2 atom stereocenters. The number of benzene rings is 3. The van der Waals surface area contributed by atoms with E-state index in [4.69, 9.17) is 0 Å². The topological polar surface area (TPSA) is 98.7 Å². The molecule has 0 aliphatic carbocycles. The van der Waals surface area contributed by atoms with Crippen LogP contribution in [0.2, 0.25) is 0 Å². The molecule has 0 fully saturated rings. The second-order valence-corrected chi connectivity index (χ2v) is 11.4.